The number of carbonyl (C=O) groups is 1. The molecule has 1 fully saturated rings. The van der Waals surface area contributed by atoms with Crippen LogP contribution in [0, 0.1) is 12.8 Å². The number of anilines is 1. The second-order valence-electron chi connectivity index (χ2n) is 4.98. The third-order valence-electron chi connectivity index (χ3n) is 3.63. The molecule has 1 amide bonds. The summed E-state index contributed by atoms with van der Waals surface area (Å²) in [5, 5.41) is 7.27. The van der Waals surface area contributed by atoms with Crippen molar-refractivity contribution in [3.63, 3.8) is 0 Å². The Morgan fingerprint density at radius 2 is 2.23 bits per heavy atom. The number of nitrogens with two attached hydrogens (primary N) is 1. The van der Waals surface area contributed by atoms with E-state index < -0.39 is 12.1 Å². The van der Waals surface area contributed by atoms with Crippen LogP contribution < -0.4 is 11.1 Å². The van der Waals surface area contributed by atoms with Crippen molar-refractivity contribution < 1.29 is 9.18 Å². The minimum atomic E-state index is -0.901. The molecule has 0 spiro atoms. The Labute approximate surface area is 136 Å². The number of rotatable bonds is 3. The standard InChI is InChI=1S/C13H14BrFN4O.C2H2/c14-7-4-11-12(18-10-3-1-2-9(10)15)8(13(16)20)5-17-19(11)6-7;1-2/h4-6,9-10,18H,1-3H2,(H2,16,20);1-2H/t9-,10+;/m0./s1. The lowest BCUT2D eigenvalue weighted by atomic mass is 10.1. The van der Waals surface area contributed by atoms with E-state index in [4.69, 9.17) is 5.73 Å². The van der Waals surface area contributed by atoms with Gasteiger partial charge in [-0.3, -0.25) is 4.79 Å². The van der Waals surface area contributed by atoms with Crippen molar-refractivity contribution in [1.29, 1.82) is 0 Å². The van der Waals surface area contributed by atoms with Crippen molar-refractivity contribution >= 4 is 33.0 Å². The smallest absolute Gasteiger partial charge is 0.252 e. The fourth-order valence-electron chi connectivity index (χ4n) is 2.63. The van der Waals surface area contributed by atoms with Crippen molar-refractivity contribution in [2.75, 3.05) is 5.32 Å². The van der Waals surface area contributed by atoms with Gasteiger partial charge >= 0.3 is 0 Å². The van der Waals surface area contributed by atoms with E-state index in [1.165, 1.54) is 6.20 Å². The third-order valence-corrected chi connectivity index (χ3v) is 4.06. The maximum absolute atomic E-state index is 13.8. The molecule has 0 aliphatic heterocycles. The fraction of sp³-hybridized carbons (Fsp3) is 0.333. The molecule has 7 heteroatoms. The van der Waals surface area contributed by atoms with E-state index in [2.05, 4.69) is 39.2 Å². The molecule has 1 aliphatic rings. The van der Waals surface area contributed by atoms with E-state index in [-0.39, 0.29) is 11.6 Å². The van der Waals surface area contributed by atoms with Gasteiger partial charge in [0.2, 0.25) is 0 Å². The number of primary amides is 1. The maximum atomic E-state index is 13.8. The van der Waals surface area contributed by atoms with Crippen LogP contribution in [0.15, 0.2) is 22.9 Å². The van der Waals surface area contributed by atoms with Crippen molar-refractivity contribution in [3.8, 4) is 12.8 Å². The number of hydrogen-bond acceptors (Lipinski definition) is 3. The van der Waals surface area contributed by atoms with Gasteiger partial charge in [0.05, 0.1) is 29.0 Å². The quantitative estimate of drug-likeness (QED) is 0.820. The highest BCUT2D eigenvalue weighted by Crippen LogP contribution is 2.30. The minimum absolute atomic E-state index is 0.280. The Balaban J connectivity index is 0.000000847. The van der Waals surface area contributed by atoms with Crippen molar-refractivity contribution in [1.82, 2.24) is 9.61 Å². The summed E-state index contributed by atoms with van der Waals surface area (Å²) in [6.45, 7) is 0. The van der Waals surface area contributed by atoms with Gasteiger partial charge in [-0.2, -0.15) is 5.10 Å². The molecule has 0 unspecified atom stereocenters. The topological polar surface area (TPSA) is 72.4 Å². The molecule has 5 nitrogen and oxygen atoms in total. The first-order valence-corrected chi connectivity index (χ1v) is 7.56. The number of fused-ring (bicyclic) bond motifs is 1. The van der Waals surface area contributed by atoms with Crippen LogP contribution in [0.1, 0.15) is 29.6 Å². The van der Waals surface area contributed by atoms with E-state index in [1.807, 2.05) is 6.07 Å². The molecule has 0 radical (unpaired) electrons. The van der Waals surface area contributed by atoms with Gasteiger partial charge in [0.25, 0.3) is 5.91 Å². The Bertz CT molecular complexity index is 712. The number of nitrogens with one attached hydrogen (secondary N) is 1. The van der Waals surface area contributed by atoms with Gasteiger partial charge in [-0.15, -0.1) is 12.8 Å². The monoisotopic (exact) mass is 366 g/mol. The highest BCUT2D eigenvalue weighted by atomic mass is 79.9. The summed E-state index contributed by atoms with van der Waals surface area (Å²) < 4.78 is 16.3. The zero-order valence-corrected chi connectivity index (χ0v) is 13.4. The average Bonchev–Trinajstić information content (AvgIpc) is 3.06. The number of alkyl halides is 1. The van der Waals surface area contributed by atoms with Crippen LogP contribution in [0.5, 0.6) is 0 Å². The predicted molar refractivity (Wildman–Crippen MR) is 87.5 cm³/mol. The predicted octanol–water partition coefficient (Wildman–Crippen LogP) is 2.75. The summed E-state index contributed by atoms with van der Waals surface area (Å²) in [5.74, 6) is -0.576. The first kappa shape index (κ1) is 16.3. The normalized spacial score (nSPS) is 20.4. The summed E-state index contributed by atoms with van der Waals surface area (Å²) >= 11 is 3.37. The molecule has 0 bridgehead atoms. The highest BCUT2D eigenvalue weighted by molar-refractivity contribution is 9.10. The van der Waals surface area contributed by atoms with Crippen LogP contribution in [0.3, 0.4) is 0 Å². The van der Waals surface area contributed by atoms with Crippen LogP contribution >= 0.6 is 15.9 Å². The summed E-state index contributed by atoms with van der Waals surface area (Å²) in [6, 6.07) is 1.54. The van der Waals surface area contributed by atoms with Crippen LogP contribution in [0.2, 0.25) is 0 Å². The Morgan fingerprint density at radius 1 is 1.50 bits per heavy atom. The molecule has 2 aromatic heterocycles. The van der Waals surface area contributed by atoms with Crippen molar-refractivity contribution in [2.24, 2.45) is 5.73 Å². The van der Waals surface area contributed by atoms with Crippen LogP contribution in [0.25, 0.3) is 5.52 Å². The first-order chi connectivity index (χ1) is 10.6. The molecule has 0 aromatic carbocycles. The fourth-order valence-corrected chi connectivity index (χ4v) is 3.04. The number of halogens is 2. The Kier molecular flexibility index (Phi) is 5.03. The van der Waals surface area contributed by atoms with Gasteiger partial charge in [0.1, 0.15) is 6.17 Å². The lowest BCUT2D eigenvalue weighted by molar-refractivity contribution is 0.100. The lowest BCUT2D eigenvalue weighted by Gasteiger charge is -2.19. The van der Waals surface area contributed by atoms with Gasteiger partial charge in [0.15, 0.2) is 0 Å². The molecule has 3 rings (SSSR count). The first-order valence-electron chi connectivity index (χ1n) is 6.77. The van der Waals surface area contributed by atoms with Gasteiger partial charge in [0, 0.05) is 10.7 Å². The Hall–Kier alpha value is -2.07. The number of amides is 1. The number of aromatic nitrogens is 2. The summed E-state index contributed by atoms with van der Waals surface area (Å²) in [7, 11) is 0. The highest BCUT2D eigenvalue weighted by Gasteiger charge is 2.28. The van der Waals surface area contributed by atoms with E-state index in [0.717, 1.165) is 17.3 Å². The van der Waals surface area contributed by atoms with Crippen molar-refractivity contribution in [3.05, 3.63) is 28.5 Å². The van der Waals surface area contributed by atoms with Gasteiger partial charge < -0.3 is 11.1 Å². The lowest BCUT2D eigenvalue weighted by Crippen LogP contribution is -2.27. The molecule has 1 aliphatic carbocycles. The summed E-state index contributed by atoms with van der Waals surface area (Å²) in [6.07, 6.45) is 12.4. The minimum Gasteiger partial charge on any atom is -0.377 e. The number of hydrogen-bond donors (Lipinski definition) is 2. The summed E-state index contributed by atoms with van der Waals surface area (Å²) in [4.78, 5) is 11.6. The van der Waals surface area contributed by atoms with Crippen LogP contribution in [0.4, 0.5) is 10.1 Å². The summed E-state index contributed by atoms with van der Waals surface area (Å²) in [5.41, 5.74) is 6.92. The van der Waals surface area contributed by atoms with Crippen LogP contribution in [-0.2, 0) is 0 Å². The molecule has 2 heterocycles. The molecule has 3 N–H and O–H groups in total. The van der Waals surface area contributed by atoms with Gasteiger partial charge in [-0.25, -0.2) is 8.91 Å². The molecule has 116 valence electrons. The largest absolute Gasteiger partial charge is 0.377 e. The van der Waals surface area contributed by atoms with Gasteiger partial charge in [-0.05, 0) is 41.3 Å². The second kappa shape index (κ2) is 6.79. The molecule has 2 atom stereocenters. The number of terminal acetylenes is 1. The van der Waals surface area contributed by atoms with E-state index in [0.29, 0.717) is 17.6 Å². The molecule has 1 saturated carbocycles. The second-order valence-corrected chi connectivity index (χ2v) is 5.90. The van der Waals surface area contributed by atoms with E-state index >= 15 is 0 Å². The molecular weight excluding hydrogens is 351 g/mol. The average molecular weight is 367 g/mol. The van der Waals surface area contributed by atoms with E-state index in [1.54, 1.807) is 10.7 Å². The SMILES string of the molecule is C#C.NC(=O)c1cnn2cc(Br)cc2c1N[C@@H]1CCC[C@@H]1F. The molecule has 2 aromatic rings. The number of carbonyl (C=O) groups excluding carboxylic acids is 1. The maximum Gasteiger partial charge on any atom is 0.252 e. The van der Waals surface area contributed by atoms with Crippen LogP contribution in [-0.4, -0.2) is 27.7 Å². The van der Waals surface area contributed by atoms with Crippen molar-refractivity contribution in [2.45, 2.75) is 31.5 Å². The molecule has 0 saturated heterocycles. The zero-order valence-electron chi connectivity index (χ0n) is 11.8. The molecular formula is C15H16BrFN4O. The Morgan fingerprint density at radius 3 is 2.82 bits per heavy atom. The zero-order chi connectivity index (χ0) is 16.3. The third kappa shape index (κ3) is 3.07. The number of nitrogens with zero attached hydrogens (tertiary/aromatic N) is 2. The van der Waals surface area contributed by atoms with E-state index in [9.17, 15) is 9.18 Å². The molecule has 22 heavy (non-hydrogen) atoms. The van der Waals surface area contributed by atoms with Gasteiger partial charge in [-0.1, -0.05) is 0 Å².